The van der Waals surface area contributed by atoms with Gasteiger partial charge in [0.15, 0.2) is 17.0 Å². The Labute approximate surface area is 342 Å². The van der Waals surface area contributed by atoms with Gasteiger partial charge in [-0.1, -0.05) is 12.2 Å². The van der Waals surface area contributed by atoms with Crippen LogP contribution < -0.4 is 36.7 Å². The number of fused-ring (bicyclic) bond motifs is 11. The predicted molar refractivity (Wildman–Crippen MR) is 217 cm³/mol. The third-order valence-electron chi connectivity index (χ3n) is 11.3. The molecular weight excluding hydrogens is 773 g/mol. The molecule has 6 aromatic rings. The van der Waals surface area contributed by atoms with E-state index < -0.39 is 23.6 Å². The van der Waals surface area contributed by atoms with Crippen LogP contribution in [0, 0.1) is 13.8 Å². The average molecular weight is 818 g/mol. The lowest BCUT2D eigenvalue weighted by Crippen LogP contribution is -2.45. The van der Waals surface area contributed by atoms with Crippen LogP contribution in [-0.2, 0) is 26.2 Å². The number of nitrogens with two attached hydrogens (primary N) is 2. The van der Waals surface area contributed by atoms with Gasteiger partial charge in [-0.2, -0.15) is 9.67 Å². The Morgan fingerprint density at radius 3 is 2.30 bits per heavy atom. The van der Waals surface area contributed by atoms with E-state index in [2.05, 4.69) is 35.9 Å². The Kier molecular flexibility index (Phi) is 9.62. The van der Waals surface area contributed by atoms with Gasteiger partial charge in [0, 0.05) is 75.1 Å². The number of pyridine rings is 1. The van der Waals surface area contributed by atoms with Crippen LogP contribution in [-0.4, -0.2) is 111 Å². The fraction of sp³-hybridized carbons (Fsp3) is 0.385. The number of nitrogens with zero attached hydrogens (tertiary/aromatic N) is 11. The van der Waals surface area contributed by atoms with Gasteiger partial charge < -0.3 is 26.1 Å². The number of carbonyl (C=O) groups is 4. The molecule has 310 valence electrons. The van der Waals surface area contributed by atoms with E-state index in [1.54, 1.807) is 39.8 Å². The van der Waals surface area contributed by atoms with Crippen molar-refractivity contribution >= 4 is 57.7 Å². The largest absolute Gasteiger partial charge is 0.490 e. The van der Waals surface area contributed by atoms with E-state index in [-0.39, 0.29) is 47.6 Å². The van der Waals surface area contributed by atoms with Gasteiger partial charge >= 0.3 is 11.7 Å². The number of piperazine rings is 1. The highest BCUT2D eigenvalue weighted by Gasteiger charge is 2.38. The molecule has 21 nitrogen and oxygen atoms in total. The summed E-state index contributed by atoms with van der Waals surface area (Å²) in [5.74, 6) is -1.19. The molecule has 2 fully saturated rings. The second-order valence-electron chi connectivity index (χ2n) is 15.1. The number of allylic oxidation sites excluding steroid dienone is 2. The van der Waals surface area contributed by atoms with Gasteiger partial charge in [0.1, 0.15) is 29.9 Å². The van der Waals surface area contributed by atoms with E-state index in [0.717, 1.165) is 19.5 Å². The molecule has 9 rings (SSSR count). The molecule has 0 spiro atoms. The number of ether oxygens (including phenoxy) is 1. The molecule has 0 radical (unpaired) electrons. The summed E-state index contributed by atoms with van der Waals surface area (Å²) < 4.78 is 14.7. The Bertz CT molecular complexity index is 2790. The molecule has 0 aliphatic carbocycles. The normalized spacial score (nSPS) is 18.5. The van der Waals surface area contributed by atoms with Gasteiger partial charge in [0.05, 0.1) is 16.8 Å². The predicted octanol–water partition coefficient (Wildman–Crippen LogP) is 0.804. The number of anilines is 2. The number of imidazole rings is 2. The lowest BCUT2D eigenvalue weighted by atomic mass is 10.1. The number of hydrogen-bond donors (Lipinski definition) is 5. The van der Waals surface area contributed by atoms with Gasteiger partial charge in [0.2, 0.25) is 23.7 Å². The minimum atomic E-state index is -0.671. The molecule has 7 N–H and O–H groups in total. The SMILES string of the molecule is CCn1nc(C)c2c1C(=O)Nc1nc3cc(C(N)=O)cc(OCCN4CC5CC4CN5)c3n1C/C=C/Cn1c(nc3cc(C(N)=O)cnc31)NC(=O)c1n(CC)nc(C)[n+]1-2. The number of primary amides is 2. The molecule has 4 amide bonds. The van der Waals surface area contributed by atoms with Crippen molar-refractivity contribution in [2.75, 3.05) is 36.9 Å². The number of amides is 4. The molecule has 60 heavy (non-hydrogen) atoms. The van der Waals surface area contributed by atoms with Crippen LogP contribution in [0.1, 0.15) is 73.6 Å². The number of benzene rings is 1. The third kappa shape index (κ3) is 6.51. The first-order valence-electron chi connectivity index (χ1n) is 19.9. The first-order valence-corrected chi connectivity index (χ1v) is 19.9. The van der Waals surface area contributed by atoms with Crippen molar-refractivity contribution < 1.29 is 28.5 Å². The molecule has 2 saturated heterocycles. The second-order valence-corrected chi connectivity index (χ2v) is 15.1. The van der Waals surface area contributed by atoms with Crippen molar-refractivity contribution in [3.8, 4) is 11.4 Å². The van der Waals surface area contributed by atoms with Gasteiger partial charge in [-0.25, -0.2) is 15.0 Å². The Hall–Kier alpha value is -7.00. The standard InChI is InChI=1S/C39H44N16O5/c1-5-53-31-29(20(3)48-53)55-21(4)49-54(6-2)37(55)36(59)47-39-45-27-14-23(33(41)57)17-43-34(27)52(39)10-8-7-9-51-30-26(44-38(51)46-35(31)58)13-22(32(40)56)15-28(30)60-12-11-50-19-24-16-25(50)18-42-24/h7-8,13-15,17,24-25,42H,5-6,9-12,16,18-19H2,1-4H3,(H5-,40,41,44,45,46,47,56,57,58,59)/p+1/b8-7+. The van der Waals surface area contributed by atoms with Crippen molar-refractivity contribution in [2.24, 2.45) is 11.5 Å². The zero-order valence-corrected chi connectivity index (χ0v) is 33.6. The highest BCUT2D eigenvalue weighted by Crippen LogP contribution is 2.32. The highest BCUT2D eigenvalue weighted by molar-refractivity contribution is 6.06. The number of rotatable bonds is 8. The quantitative estimate of drug-likeness (QED) is 0.106. The van der Waals surface area contributed by atoms with Crippen molar-refractivity contribution in [1.82, 2.24) is 53.9 Å². The highest BCUT2D eigenvalue weighted by atomic mass is 16.5. The maximum Gasteiger partial charge on any atom is 0.331 e. The summed E-state index contributed by atoms with van der Waals surface area (Å²) in [5, 5.41) is 18.9. The first-order chi connectivity index (χ1) is 28.9. The summed E-state index contributed by atoms with van der Waals surface area (Å²) in [5.41, 5.74) is 14.4. The van der Waals surface area contributed by atoms with Crippen molar-refractivity contribution in [3.05, 3.63) is 70.7 Å². The Morgan fingerprint density at radius 2 is 1.60 bits per heavy atom. The van der Waals surface area contributed by atoms with Crippen LogP contribution in [0.2, 0.25) is 0 Å². The average Bonchev–Trinajstić information content (AvgIpc) is 4.08. The van der Waals surface area contributed by atoms with Crippen LogP contribution >= 0.6 is 0 Å². The molecule has 2 unspecified atom stereocenters. The summed E-state index contributed by atoms with van der Waals surface area (Å²) >= 11 is 0. The van der Waals surface area contributed by atoms with Crippen LogP contribution in [0.3, 0.4) is 0 Å². The lowest BCUT2D eigenvalue weighted by molar-refractivity contribution is -0.606. The van der Waals surface area contributed by atoms with Crippen molar-refractivity contribution in [2.45, 2.75) is 72.4 Å². The zero-order chi connectivity index (χ0) is 42.0. The van der Waals surface area contributed by atoms with Gasteiger partial charge in [0.25, 0.3) is 11.7 Å². The van der Waals surface area contributed by atoms with Crippen molar-refractivity contribution in [3.63, 3.8) is 0 Å². The topological polar surface area (TPSA) is 257 Å². The van der Waals surface area contributed by atoms with Crippen LogP contribution in [0.4, 0.5) is 11.9 Å². The van der Waals surface area contributed by atoms with E-state index in [9.17, 15) is 19.2 Å². The number of carbonyl (C=O) groups excluding carboxylic acids is 4. The minimum Gasteiger partial charge on any atom is -0.490 e. The van der Waals surface area contributed by atoms with Crippen LogP contribution in [0.25, 0.3) is 27.9 Å². The molecule has 3 aliphatic heterocycles. The third-order valence-corrected chi connectivity index (χ3v) is 11.3. The Morgan fingerprint density at radius 1 is 0.900 bits per heavy atom. The van der Waals surface area contributed by atoms with E-state index in [1.165, 1.54) is 16.9 Å². The van der Waals surface area contributed by atoms with Crippen LogP contribution in [0.15, 0.2) is 36.5 Å². The summed E-state index contributed by atoms with van der Waals surface area (Å²) in [6.07, 6.45) is 6.19. The number of nitrogens with one attached hydrogen (secondary N) is 3. The number of aryl methyl sites for hydroxylation is 4. The molecule has 1 aromatic carbocycles. The fourth-order valence-electron chi connectivity index (χ4n) is 8.58. The lowest BCUT2D eigenvalue weighted by Gasteiger charge is -2.27. The maximum absolute atomic E-state index is 14.7. The summed E-state index contributed by atoms with van der Waals surface area (Å²) in [6.45, 7) is 11.1. The van der Waals surface area contributed by atoms with Gasteiger partial charge in [-0.3, -0.25) is 44.0 Å². The number of likely N-dealkylation sites (tertiary alicyclic amines) is 1. The summed E-state index contributed by atoms with van der Waals surface area (Å²) in [7, 11) is 0. The molecule has 3 aliphatic rings. The molecule has 2 atom stereocenters. The molecule has 2 bridgehead atoms. The first kappa shape index (κ1) is 38.5. The van der Waals surface area contributed by atoms with Crippen molar-refractivity contribution in [1.29, 1.82) is 0 Å². The van der Waals surface area contributed by atoms with E-state index in [1.807, 2.05) is 30.6 Å². The Balaban J connectivity index is 1.21. The van der Waals surface area contributed by atoms with E-state index >= 15 is 0 Å². The van der Waals surface area contributed by atoms with Gasteiger partial charge in [-0.15, -0.1) is 4.68 Å². The molecule has 21 heteroatoms. The van der Waals surface area contributed by atoms with E-state index in [4.69, 9.17) is 26.3 Å². The van der Waals surface area contributed by atoms with Gasteiger partial charge in [-0.05, 0) is 45.4 Å². The fourth-order valence-corrected chi connectivity index (χ4v) is 8.58. The molecule has 5 aromatic heterocycles. The number of aromatic nitrogens is 10. The summed E-state index contributed by atoms with van der Waals surface area (Å²) in [6, 6.07) is 5.65. The summed E-state index contributed by atoms with van der Waals surface area (Å²) in [4.78, 5) is 70.4. The smallest absolute Gasteiger partial charge is 0.331 e. The monoisotopic (exact) mass is 817 g/mol. The maximum atomic E-state index is 14.7. The minimum absolute atomic E-state index is 0.112. The molecule has 8 heterocycles. The molecule has 0 saturated carbocycles. The van der Waals surface area contributed by atoms with E-state index in [0.29, 0.717) is 83.5 Å². The van der Waals surface area contributed by atoms with Crippen LogP contribution in [0.5, 0.6) is 5.75 Å². The second kappa shape index (κ2) is 15.0. The molecular formula is C39H45N16O5+. The number of hydrogen-bond acceptors (Lipinski definition) is 12. The zero-order valence-electron chi connectivity index (χ0n) is 33.6.